The predicted molar refractivity (Wildman–Crippen MR) is 52.7 cm³/mol. The topological polar surface area (TPSA) is 64.9 Å². The maximum Gasteiger partial charge on any atom is 0.233 e. The molecule has 1 aromatic rings. The van der Waals surface area contributed by atoms with Crippen molar-refractivity contribution in [2.24, 2.45) is 11.7 Å². The normalized spacial score (nSPS) is 19.7. The molecular formula is C10H17N3O. The lowest BCUT2D eigenvalue weighted by Crippen LogP contribution is -2.17. The zero-order valence-corrected chi connectivity index (χ0v) is 8.73. The Morgan fingerprint density at radius 1 is 1.36 bits per heavy atom. The molecule has 0 amide bonds. The quantitative estimate of drug-likeness (QED) is 0.801. The first kappa shape index (κ1) is 9.65. The second kappa shape index (κ2) is 3.69. The van der Waals surface area contributed by atoms with Crippen LogP contribution in [0, 0.1) is 5.92 Å². The minimum absolute atomic E-state index is 0.128. The first-order chi connectivity index (χ1) is 6.68. The summed E-state index contributed by atoms with van der Waals surface area (Å²) < 4.78 is 5.56. The molecule has 0 saturated heterocycles. The predicted octanol–water partition coefficient (Wildman–Crippen LogP) is 1.99. The van der Waals surface area contributed by atoms with Crippen LogP contribution >= 0.6 is 0 Å². The largest absolute Gasteiger partial charge is 0.423 e. The van der Waals surface area contributed by atoms with Crippen molar-refractivity contribution < 1.29 is 4.42 Å². The average molecular weight is 195 g/mol. The fraction of sp³-hybridized carbons (Fsp3) is 0.800. The summed E-state index contributed by atoms with van der Waals surface area (Å²) in [7, 11) is 0. The van der Waals surface area contributed by atoms with Gasteiger partial charge in [-0.15, -0.1) is 10.2 Å². The molecule has 2 rings (SSSR count). The maximum absolute atomic E-state index is 5.91. The Balaban J connectivity index is 2.08. The molecule has 4 nitrogen and oxygen atoms in total. The summed E-state index contributed by atoms with van der Waals surface area (Å²) in [5.74, 6) is 2.20. The van der Waals surface area contributed by atoms with E-state index in [9.17, 15) is 0 Å². The van der Waals surface area contributed by atoms with Crippen LogP contribution in [0.15, 0.2) is 4.42 Å². The van der Waals surface area contributed by atoms with Crippen molar-refractivity contribution in [3.63, 3.8) is 0 Å². The molecule has 1 aliphatic rings. The third-order valence-corrected chi connectivity index (χ3v) is 2.91. The summed E-state index contributed by atoms with van der Waals surface area (Å²) in [5, 5.41) is 8.04. The van der Waals surface area contributed by atoms with Crippen molar-refractivity contribution in [2.75, 3.05) is 0 Å². The molecule has 2 N–H and O–H groups in total. The van der Waals surface area contributed by atoms with Crippen molar-refractivity contribution in [3.05, 3.63) is 11.8 Å². The van der Waals surface area contributed by atoms with E-state index in [1.807, 2.05) is 0 Å². The second-order valence-corrected chi connectivity index (χ2v) is 4.38. The lowest BCUT2D eigenvalue weighted by molar-refractivity contribution is 0.306. The van der Waals surface area contributed by atoms with Gasteiger partial charge in [-0.1, -0.05) is 20.3 Å². The van der Waals surface area contributed by atoms with E-state index in [0.717, 1.165) is 5.89 Å². The number of nitrogens with two attached hydrogens (primary N) is 1. The minimum Gasteiger partial charge on any atom is -0.423 e. The van der Waals surface area contributed by atoms with Gasteiger partial charge in [-0.25, -0.2) is 0 Å². The maximum atomic E-state index is 5.91. The summed E-state index contributed by atoms with van der Waals surface area (Å²) in [4.78, 5) is 0. The van der Waals surface area contributed by atoms with Crippen LogP contribution < -0.4 is 5.73 Å². The van der Waals surface area contributed by atoms with Gasteiger partial charge >= 0.3 is 0 Å². The van der Waals surface area contributed by atoms with E-state index >= 15 is 0 Å². The zero-order valence-electron chi connectivity index (χ0n) is 8.73. The summed E-state index contributed by atoms with van der Waals surface area (Å²) >= 11 is 0. The van der Waals surface area contributed by atoms with Gasteiger partial charge in [0.15, 0.2) is 0 Å². The van der Waals surface area contributed by atoms with Crippen LogP contribution in [-0.4, -0.2) is 10.2 Å². The van der Waals surface area contributed by atoms with Crippen LogP contribution in [-0.2, 0) is 0 Å². The Morgan fingerprint density at radius 3 is 2.57 bits per heavy atom. The minimum atomic E-state index is -0.128. The highest BCUT2D eigenvalue weighted by molar-refractivity contribution is 4.98. The van der Waals surface area contributed by atoms with E-state index in [-0.39, 0.29) is 6.04 Å². The van der Waals surface area contributed by atoms with Crippen LogP contribution in [0.3, 0.4) is 0 Å². The van der Waals surface area contributed by atoms with Crippen LogP contribution in [0.4, 0.5) is 0 Å². The molecule has 1 saturated carbocycles. The fourth-order valence-corrected chi connectivity index (χ4v) is 1.49. The molecule has 1 fully saturated rings. The van der Waals surface area contributed by atoms with Gasteiger partial charge in [-0.05, 0) is 18.8 Å². The first-order valence-corrected chi connectivity index (χ1v) is 5.27. The van der Waals surface area contributed by atoms with Crippen molar-refractivity contribution in [1.29, 1.82) is 0 Å². The molecule has 0 aliphatic heterocycles. The molecule has 0 bridgehead atoms. The smallest absolute Gasteiger partial charge is 0.233 e. The highest BCUT2D eigenvalue weighted by atomic mass is 16.4. The molecule has 1 unspecified atom stereocenters. The number of hydrogen-bond acceptors (Lipinski definition) is 4. The van der Waals surface area contributed by atoms with Crippen LogP contribution in [0.1, 0.15) is 56.9 Å². The van der Waals surface area contributed by atoms with Crippen LogP contribution in [0.25, 0.3) is 0 Å². The van der Waals surface area contributed by atoms with E-state index < -0.39 is 0 Å². The average Bonchev–Trinajstić information content (AvgIpc) is 2.48. The molecule has 0 aromatic carbocycles. The fourth-order valence-electron chi connectivity index (χ4n) is 1.49. The molecule has 14 heavy (non-hydrogen) atoms. The van der Waals surface area contributed by atoms with Crippen molar-refractivity contribution in [3.8, 4) is 0 Å². The van der Waals surface area contributed by atoms with Gasteiger partial charge in [0.05, 0.1) is 6.04 Å². The molecule has 1 aromatic heterocycles. The number of rotatable bonds is 3. The molecule has 0 spiro atoms. The Labute approximate surface area is 83.9 Å². The van der Waals surface area contributed by atoms with Gasteiger partial charge < -0.3 is 10.2 Å². The van der Waals surface area contributed by atoms with E-state index in [1.54, 1.807) is 0 Å². The highest BCUT2D eigenvalue weighted by Crippen LogP contribution is 2.35. The molecule has 4 heteroatoms. The van der Waals surface area contributed by atoms with Gasteiger partial charge in [-0.2, -0.15) is 0 Å². The van der Waals surface area contributed by atoms with E-state index in [0.29, 0.717) is 17.7 Å². The van der Waals surface area contributed by atoms with Gasteiger partial charge in [-0.3, -0.25) is 0 Å². The van der Waals surface area contributed by atoms with Gasteiger partial charge in [0.25, 0.3) is 0 Å². The Morgan fingerprint density at radius 2 is 2.07 bits per heavy atom. The third-order valence-electron chi connectivity index (χ3n) is 2.91. The van der Waals surface area contributed by atoms with Crippen molar-refractivity contribution >= 4 is 0 Å². The molecule has 1 aliphatic carbocycles. The Hall–Kier alpha value is -0.900. The van der Waals surface area contributed by atoms with Crippen LogP contribution in [0.2, 0.25) is 0 Å². The summed E-state index contributed by atoms with van der Waals surface area (Å²) in [6, 6.07) is -0.128. The molecular weight excluding hydrogens is 178 g/mol. The molecule has 0 radical (unpaired) electrons. The lowest BCUT2D eigenvalue weighted by Gasteiger charge is -2.21. The highest BCUT2D eigenvalue weighted by Gasteiger charge is 2.26. The Kier molecular flexibility index (Phi) is 2.54. The van der Waals surface area contributed by atoms with Gasteiger partial charge in [0, 0.05) is 5.92 Å². The number of nitrogens with zero attached hydrogens (tertiary/aromatic N) is 2. The van der Waals surface area contributed by atoms with Crippen molar-refractivity contribution in [2.45, 2.75) is 45.1 Å². The number of hydrogen-bond donors (Lipinski definition) is 1. The Bertz CT molecular complexity index is 304. The lowest BCUT2D eigenvalue weighted by atomic mass is 9.85. The number of aromatic nitrogens is 2. The SMILES string of the molecule is CC(C)C(N)c1nnc(C2CCC2)o1. The van der Waals surface area contributed by atoms with Gasteiger partial charge in [0.2, 0.25) is 11.8 Å². The molecule has 78 valence electrons. The van der Waals surface area contributed by atoms with Crippen LogP contribution in [0.5, 0.6) is 0 Å². The first-order valence-electron chi connectivity index (χ1n) is 5.27. The second-order valence-electron chi connectivity index (χ2n) is 4.38. The molecule has 1 heterocycles. The monoisotopic (exact) mass is 195 g/mol. The van der Waals surface area contributed by atoms with Crippen molar-refractivity contribution in [1.82, 2.24) is 10.2 Å². The summed E-state index contributed by atoms with van der Waals surface area (Å²) in [5.41, 5.74) is 5.91. The van der Waals surface area contributed by atoms with E-state index in [2.05, 4.69) is 24.0 Å². The van der Waals surface area contributed by atoms with Gasteiger partial charge in [0.1, 0.15) is 0 Å². The summed E-state index contributed by atoms with van der Waals surface area (Å²) in [6.07, 6.45) is 3.63. The zero-order chi connectivity index (χ0) is 10.1. The third kappa shape index (κ3) is 1.66. The standard InChI is InChI=1S/C10H17N3O/c1-6(2)8(11)10-13-12-9(14-10)7-4-3-5-7/h6-8H,3-5,11H2,1-2H3. The summed E-state index contributed by atoms with van der Waals surface area (Å²) in [6.45, 7) is 4.11. The van der Waals surface area contributed by atoms with E-state index in [1.165, 1.54) is 19.3 Å². The van der Waals surface area contributed by atoms with E-state index in [4.69, 9.17) is 10.2 Å². The molecule has 1 atom stereocenters.